The van der Waals surface area contributed by atoms with Crippen molar-refractivity contribution in [1.29, 1.82) is 0 Å². The molecular formula is C22H35N3O4. The fourth-order valence-electron chi connectivity index (χ4n) is 3.47. The van der Waals surface area contributed by atoms with Crippen molar-refractivity contribution in [3.05, 3.63) is 29.8 Å². The average molecular weight is 406 g/mol. The number of likely N-dealkylation sites (tertiary alicyclic amines) is 1. The van der Waals surface area contributed by atoms with Crippen LogP contribution in [0.2, 0.25) is 0 Å². The maximum absolute atomic E-state index is 12.5. The third kappa shape index (κ3) is 6.92. The van der Waals surface area contributed by atoms with Crippen molar-refractivity contribution in [3.8, 4) is 5.75 Å². The van der Waals surface area contributed by atoms with E-state index < -0.39 is 5.60 Å². The standard InChI is InChI=1S/C22H35N3O4/c1-15-14-25(21(27)29-22(3,4)5)12-11-18(15)24-16(2)20(26)23-13-17-9-7-8-10-19(17)28-6/h7-10,15-16,18,24H,11-14H2,1-6H3,(H,23,26)/t15-,16-,18-/m0/s1. The summed E-state index contributed by atoms with van der Waals surface area (Å²) in [7, 11) is 1.62. The quantitative estimate of drug-likeness (QED) is 0.761. The van der Waals surface area contributed by atoms with E-state index in [1.165, 1.54) is 0 Å². The van der Waals surface area contributed by atoms with Crippen molar-refractivity contribution in [2.75, 3.05) is 20.2 Å². The van der Waals surface area contributed by atoms with E-state index in [1.54, 1.807) is 12.0 Å². The Kier molecular flexibility index (Phi) is 7.90. The Morgan fingerprint density at radius 3 is 2.59 bits per heavy atom. The highest BCUT2D eigenvalue weighted by Gasteiger charge is 2.32. The van der Waals surface area contributed by atoms with Crippen LogP contribution in [0.3, 0.4) is 0 Å². The minimum atomic E-state index is -0.497. The van der Waals surface area contributed by atoms with E-state index in [0.717, 1.165) is 17.7 Å². The molecule has 1 saturated heterocycles. The Morgan fingerprint density at radius 1 is 1.28 bits per heavy atom. The lowest BCUT2D eigenvalue weighted by Crippen LogP contribution is -2.55. The number of hydrogen-bond donors (Lipinski definition) is 2. The molecule has 0 spiro atoms. The smallest absolute Gasteiger partial charge is 0.410 e. The predicted octanol–water partition coefficient (Wildman–Crippen LogP) is 2.94. The van der Waals surface area contributed by atoms with Gasteiger partial charge in [-0.2, -0.15) is 0 Å². The van der Waals surface area contributed by atoms with Crippen molar-refractivity contribution in [3.63, 3.8) is 0 Å². The molecule has 29 heavy (non-hydrogen) atoms. The summed E-state index contributed by atoms with van der Waals surface area (Å²) in [5.41, 5.74) is 0.443. The summed E-state index contributed by atoms with van der Waals surface area (Å²) < 4.78 is 10.8. The van der Waals surface area contributed by atoms with Crippen LogP contribution >= 0.6 is 0 Å². The first-order valence-electron chi connectivity index (χ1n) is 10.2. The number of piperidine rings is 1. The molecule has 3 atom stereocenters. The van der Waals surface area contributed by atoms with Crippen molar-refractivity contribution in [2.45, 2.75) is 65.3 Å². The minimum Gasteiger partial charge on any atom is -0.496 e. The Bertz CT molecular complexity index is 702. The molecule has 1 aromatic carbocycles. The molecule has 1 aliphatic rings. The summed E-state index contributed by atoms with van der Waals surface area (Å²) in [6, 6.07) is 7.48. The Balaban J connectivity index is 1.82. The number of para-hydroxylation sites is 1. The molecule has 0 saturated carbocycles. The molecule has 7 heteroatoms. The van der Waals surface area contributed by atoms with Gasteiger partial charge in [0.1, 0.15) is 11.4 Å². The summed E-state index contributed by atoms with van der Waals surface area (Å²) in [5.74, 6) is 0.926. The van der Waals surface area contributed by atoms with Crippen LogP contribution in [0.15, 0.2) is 24.3 Å². The number of benzene rings is 1. The van der Waals surface area contributed by atoms with Crippen LogP contribution in [-0.2, 0) is 16.1 Å². The number of nitrogens with zero attached hydrogens (tertiary/aromatic N) is 1. The third-order valence-electron chi connectivity index (χ3n) is 5.06. The van der Waals surface area contributed by atoms with E-state index in [0.29, 0.717) is 19.6 Å². The highest BCUT2D eigenvalue weighted by Crippen LogP contribution is 2.20. The van der Waals surface area contributed by atoms with Gasteiger partial charge in [0, 0.05) is 31.2 Å². The van der Waals surface area contributed by atoms with E-state index in [4.69, 9.17) is 9.47 Å². The van der Waals surface area contributed by atoms with E-state index in [2.05, 4.69) is 17.6 Å². The van der Waals surface area contributed by atoms with E-state index in [1.807, 2.05) is 52.0 Å². The van der Waals surface area contributed by atoms with Gasteiger partial charge in [-0.25, -0.2) is 4.79 Å². The number of ether oxygens (including phenoxy) is 2. The first-order chi connectivity index (χ1) is 13.6. The summed E-state index contributed by atoms with van der Waals surface area (Å²) in [4.78, 5) is 26.6. The van der Waals surface area contributed by atoms with Crippen LogP contribution in [0.5, 0.6) is 5.75 Å². The molecule has 162 valence electrons. The van der Waals surface area contributed by atoms with Gasteiger partial charge in [-0.3, -0.25) is 4.79 Å². The monoisotopic (exact) mass is 405 g/mol. The lowest BCUT2D eigenvalue weighted by molar-refractivity contribution is -0.123. The van der Waals surface area contributed by atoms with Gasteiger partial charge >= 0.3 is 6.09 Å². The number of methoxy groups -OCH3 is 1. The zero-order valence-corrected chi connectivity index (χ0v) is 18.5. The number of amides is 2. The van der Waals surface area contributed by atoms with Crippen molar-refractivity contribution >= 4 is 12.0 Å². The molecule has 2 rings (SSSR count). The first-order valence-corrected chi connectivity index (χ1v) is 10.2. The molecule has 2 amide bonds. The Hall–Kier alpha value is -2.28. The number of hydrogen-bond acceptors (Lipinski definition) is 5. The zero-order valence-electron chi connectivity index (χ0n) is 18.5. The third-order valence-corrected chi connectivity index (χ3v) is 5.06. The molecule has 0 bridgehead atoms. The molecule has 1 aliphatic heterocycles. The number of nitrogens with one attached hydrogen (secondary N) is 2. The van der Waals surface area contributed by atoms with Crippen LogP contribution in [-0.4, -0.2) is 54.8 Å². The molecule has 0 radical (unpaired) electrons. The SMILES string of the molecule is COc1ccccc1CNC(=O)[C@H](C)N[C@H]1CCN(C(=O)OC(C)(C)C)C[C@@H]1C. The van der Waals surface area contributed by atoms with Gasteiger partial charge in [0.2, 0.25) is 5.91 Å². The average Bonchev–Trinajstić information content (AvgIpc) is 2.66. The fraction of sp³-hybridized carbons (Fsp3) is 0.636. The highest BCUT2D eigenvalue weighted by molar-refractivity contribution is 5.81. The van der Waals surface area contributed by atoms with Crippen LogP contribution < -0.4 is 15.4 Å². The number of carbonyl (C=O) groups is 2. The minimum absolute atomic E-state index is 0.0577. The van der Waals surface area contributed by atoms with Gasteiger partial charge in [0.25, 0.3) is 0 Å². The second kappa shape index (κ2) is 9.96. The zero-order chi connectivity index (χ0) is 21.6. The lowest BCUT2D eigenvalue weighted by atomic mass is 9.93. The van der Waals surface area contributed by atoms with Gasteiger partial charge in [-0.15, -0.1) is 0 Å². The topological polar surface area (TPSA) is 79.9 Å². The largest absolute Gasteiger partial charge is 0.496 e. The summed E-state index contributed by atoms with van der Waals surface area (Å²) in [6.07, 6.45) is 0.510. The summed E-state index contributed by atoms with van der Waals surface area (Å²) in [6.45, 7) is 11.2. The number of rotatable bonds is 6. The first kappa shape index (κ1) is 23.0. The lowest BCUT2D eigenvalue weighted by Gasteiger charge is -2.38. The van der Waals surface area contributed by atoms with E-state index >= 15 is 0 Å². The highest BCUT2D eigenvalue weighted by atomic mass is 16.6. The summed E-state index contributed by atoms with van der Waals surface area (Å²) in [5, 5.41) is 6.38. The maximum atomic E-state index is 12.5. The molecule has 7 nitrogen and oxygen atoms in total. The Morgan fingerprint density at radius 2 is 1.97 bits per heavy atom. The van der Waals surface area contributed by atoms with Crippen LogP contribution in [0, 0.1) is 5.92 Å². The van der Waals surface area contributed by atoms with E-state index in [-0.39, 0.29) is 30.0 Å². The molecular weight excluding hydrogens is 370 g/mol. The van der Waals surface area contributed by atoms with Crippen LogP contribution in [0.25, 0.3) is 0 Å². The molecule has 0 aliphatic carbocycles. The maximum Gasteiger partial charge on any atom is 0.410 e. The molecule has 0 aromatic heterocycles. The van der Waals surface area contributed by atoms with Crippen LogP contribution in [0.4, 0.5) is 4.79 Å². The van der Waals surface area contributed by atoms with Gasteiger partial charge in [0.05, 0.1) is 13.2 Å². The Labute approximate surface area is 174 Å². The normalized spacial score (nSPS) is 20.7. The van der Waals surface area contributed by atoms with E-state index in [9.17, 15) is 9.59 Å². The van der Waals surface area contributed by atoms with Gasteiger partial charge in [-0.05, 0) is 46.1 Å². The summed E-state index contributed by atoms with van der Waals surface area (Å²) >= 11 is 0. The second-order valence-corrected chi connectivity index (χ2v) is 8.72. The van der Waals surface area contributed by atoms with Gasteiger partial charge in [0.15, 0.2) is 0 Å². The molecule has 0 unspecified atom stereocenters. The number of carbonyl (C=O) groups excluding carboxylic acids is 2. The van der Waals surface area contributed by atoms with Crippen molar-refractivity contribution < 1.29 is 19.1 Å². The predicted molar refractivity (Wildman–Crippen MR) is 113 cm³/mol. The fourth-order valence-corrected chi connectivity index (χ4v) is 3.47. The van der Waals surface area contributed by atoms with Gasteiger partial charge < -0.3 is 25.0 Å². The molecule has 1 aromatic rings. The molecule has 1 fully saturated rings. The van der Waals surface area contributed by atoms with Crippen molar-refractivity contribution in [1.82, 2.24) is 15.5 Å². The van der Waals surface area contributed by atoms with Gasteiger partial charge in [-0.1, -0.05) is 25.1 Å². The second-order valence-electron chi connectivity index (χ2n) is 8.72. The van der Waals surface area contributed by atoms with Crippen molar-refractivity contribution in [2.24, 2.45) is 5.92 Å². The molecule has 1 heterocycles. The van der Waals surface area contributed by atoms with Crippen LogP contribution in [0.1, 0.15) is 46.6 Å². The molecule has 2 N–H and O–H groups in total.